The molecule has 1 saturated carbocycles. The van der Waals surface area contributed by atoms with Gasteiger partial charge in [0.25, 0.3) is 0 Å². The smallest absolute Gasteiger partial charge is 0.307 e. The summed E-state index contributed by atoms with van der Waals surface area (Å²) in [6.07, 6.45) is 0.735. The van der Waals surface area contributed by atoms with E-state index in [9.17, 15) is 9.59 Å². The topological polar surface area (TPSA) is 54.4 Å². The van der Waals surface area contributed by atoms with Gasteiger partial charge in [0.15, 0.2) is 0 Å². The summed E-state index contributed by atoms with van der Waals surface area (Å²) < 4.78 is 0. The van der Waals surface area contributed by atoms with Crippen LogP contribution >= 0.6 is 0 Å². The van der Waals surface area contributed by atoms with Crippen LogP contribution in [-0.4, -0.2) is 17.4 Å². The first-order valence-electron chi connectivity index (χ1n) is 3.20. The molecule has 1 rings (SSSR count). The summed E-state index contributed by atoms with van der Waals surface area (Å²) in [5.74, 6) is -1.59. The Bertz CT molecular complexity index is 183. The number of carbonyl (C=O) groups is 2. The zero-order valence-electron chi connectivity index (χ0n) is 6.00. The molecule has 0 aliphatic heterocycles. The Morgan fingerprint density at radius 3 is 2.20 bits per heavy atom. The molecule has 1 fully saturated rings. The summed E-state index contributed by atoms with van der Waals surface area (Å²) in [5.41, 5.74) is -0.312. The van der Waals surface area contributed by atoms with Crippen LogP contribution in [0, 0.1) is 17.3 Å². The second-order valence-corrected chi connectivity index (χ2v) is 3.30. The van der Waals surface area contributed by atoms with Gasteiger partial charge >= 0.3 is 5.97 Å². The van der Waals surface area contributed by atoms with E-state index in [2.05, 4.69) is 0 Å². The van der Waals surface area contributed by atoms with E-state index in [4.69, 9.17) is 5.11 Å². The SMILES string of the molecule is CC1(C)[C@H](C(=O)O)[C@@H]1C=O. The number of hydrogen-bond acceptors (Lipinski definition) is 2. The average molecular weight is 142 g/mol. The fourth-order valence-electron chi connectivity index (χ4n) is 1.40. The normalized spacial score (nSPS) is 35.0. The lowest BCUT2D eigenvalue weighted by atomic mass is 10.1. The summed E-state index contributed by atoms with van der Waals surface area (Å²) in [6, 6.07) is 0. The Labute approximate surface area is 59.0 Å². The molecule has 0 aromatic carbocycles. The number of rotatable bonds is 2. The van der Waals surface area contributed by atoms with Gasteiger partial charge in [0.1, 0.15) is 6.29 Å². The minimum atomic E-state index is -0.859. The first kappa shape index (κ1) is 7.25. The maximum atomic E-state index is 10.4. The van der Waals surface area contributed by atoms with Crippen molar-refractivity contribution in [3.8, 4) is 0 Å². The van der Waals surface area contributed by atoms with Crippen molar-refractivity contribution in [1.82, 2.24) is 0 Å². The molecule has 10 heavy (non-hydrogen) atoms. The zero-order chi connectivity index (χ0) is 7.94. The summed E-state index contributed by atoms with van der Waals surface area (Å²) in [6.45, 7) is 3.59. The van der Waals surface area contributed by atoms with Crippen molar-refractivity contribution >= 4 is 12.3 Å². The monoisotopic (exact) mass is 142 g/mol. The molecule has 2 atom stereocenters. The molecule has 1 aliphatic rings. The Balaban J connectivity index is 2.70. The molecule has 0 aromatic rings. The number of carboxylic acid groups (broad SMARTS) is 1. The van der Waals surface area contributed by atoms with Crippen LogP contribution in [0.25, 0.3) is 0 Å². The first-order valence-corrected chi connectivity index (χ1v) is 3.20. The lowest BCUT2D eigenvalue weighted by molar-refractivity contribution is -0.139. The lowest BCUT2D eigenvalue weighted by Crippen LogP contribution is -2.03. The van der Waals surface area contributed by atoms with Crippen molar-refractivity contribution in [3.63, 3.8) is 0 Å². The van der Waals surface area contributed by atoms with Crippen LogP contribution in [0.4, 0.5) is 0 Å². The van der Waals surface area contributed by atoms with Crippen molar-refractivity contribution < 1.29 is 14.7 Å². The molecule has 0 bridgehead atoms. The van der Waals surface area contributed by atoms with Gasteiger partial charge < -0.3 is 9.90 Å². The number of aliphatic carboxylic acids is 1. The van der Waals surface area contributed by atoms with Crippen molar-refractivity contribution in [2.24, 2.45) is 17.3 Å². The maximum absolute atomic E-state index is 10.4. The summed E-state index contributed by atoms with van der Waals surface area (Å²) in [4.78, 5) is 20.6. The molecule has 1 aliphatic carbocycles. The molecular formula is C7H10O3. The predicted octanol–water partition coefficient (Wildman–Crippen LogP) is 0.542. The van der Waals surface area contributed by atoms with Crippen molar-refractivity contribution in [2.75, 3.05) is 0 Å². The fraction of sp³-hybridized carbons (Fsp3) is 0.714. The molecule has 0 heterocycles. The van der Waals surface area contributed by atoms with Gasteiger partial charge in [0.2, 0.25) is 0 Å². The Morgan fingerprint density at radius 2 is 2.10 bits per heavy atom. The summed E-state index contributed by atoms with van der Waals surface area (Å²) in [5, 5.41) is 8.53. The molecule has 3 nitrogen and oxygen atoms in total. The van der Waals surface area contributed by atoms with Crippen molar-refractivity contribution in [3.05, 3.63) is 0 Å². The molecule has 3 heteroatoms. The predicted molar refractivity (Wildman–Crippen MR) is 34.5 cm³/mol. The van der Waals surface area contributed by atoms with Crippen molar-refractivity contribution in [2.45, 2.75) is 13.8 Å². The van der Waals surface area contributed by atoms with Gasteiger partial charge in [-0.25, -0.2) is 0 Å². The van der Waals surface area contributed by atoms with E-state index in [-0.39, 0.29) is 11.3 Å². The van der Waals surface area contributed by atoms with E-state index in [0.29, 0.717) is 0 Å². The van der Waals surface area contributed by atoms with Gasteiger partial charge in [-0.1, -0.05) is 13.8 Å². The highest BCUT2D eigenvalue weighted by molar-refractivity contribution is 5.82. The molecule has 0 unspecified atom stereocenters. The molecule has 0 radical (unpaired) electrons. The number of carbonyl (C=O) groups excluding carboxylic acids is 1. The average Bonchev–Trinajstić information content (AvgIpc) is 2.33. The third-order valence-electron chi connectivity index (χ3n) is 2.32. The highest BCUT2D eigenvalue weighted by Gasteiger charge is 2.62. The van der Waals surface area contributed by atoms with Crippen LogP contribution in [0.5, 0.6) is 0 Å². The minimum absolute atomic E-state index is 0.273. The van der Waals surface area contributed by atoms with Crippen LogP contribution < -0.4 is 0 Å². The molecule has 0 saturated heterocycles. The molecule has 1 N–H and O–H groups in total. The zero-order valence-corrected chi connectivity index (χ0v) is 6.00. The first-order chi connectivity index (χ1) is 4.51. The van der Waals surface area contributed by atoms with Gasteiger partial charge in [-0.05, 0) is 5.41 Å². The molecule has 56 valence electrons. The Hall–Kier alpha value is -0.860. The van der Waals surface area contributed by atoms with Crippen molar-refractivity contribution in [1.29, 1.82) is 0 Å². The van der Waals surface area contributed by atoms with E-state index < -0.39 is 11.9 Å². The third kappa shape index (κ3) is 0.735. The molecule has 0 amide bonds. The number of hydrogen-bond donors (Lipinski definition) is 1. The van der Waals surface area contributed by atoms with E-state index in [1.807, 2.05) is 0 Å². The van der Waals surface area contributed by atoms with Crippen LogP contribution in [-0.2, 0) is 9.59 Å². The van der Waals surface area contributed by atoms with Gasteiger partial charge in [-0.2, -0.15) is 0 Å². The second-order valence-electron chi connectivity index (χ2n) is 3.30. The number of aldehydes is 1. The molecule has 0 aromatic heterocycles. The van der Waals surface area contributed by atoms with Crippen LogP contribution in [0.15, 0.2) is 0 Å². The van der Waals surface area contributed by atoms with E-state index in [0.717, 1.165) is 6.29 Å². The largest absolute Gasteiger partial charge is 0.481 e. The van der Waals surface area contributed by atoms with Crippen LogP contribution in [0.2, 0.25) is 0 Å². The van der Waals surface area contributed by atoms with E-state index in [1.54, 1.807) is 13.8 Å². The Kier molecular flexibility index (Phi) is 1.31. The Morgan fingerprint density at radius 1 is 1.60 bits per heavy atom. The lowest BCUT2D eigenvalue weighted by Gasteiger charge is -1.94. The quantitative estimate of drug-likeness (QED) is 0.572. The van der Waals surface area contributed by atoms with Gasteiger partial charge in [-0.15, -0.1) is 0 Å². The summed E-state index contributed by atoms with van der Waals surface area (Å²) >= 11 is 0. The van der Waals surface area contributed by atoms with E-state index in [1.165, 1.54) is 0 Å². The summed E-state index contributed by atoms with van der Waals surface area (Å²) in [7, 11) is 0. The molecular weight excluding hydrogens is 132 g/mol. The highest BCUT2D eigenvalue weighted by atomic mass is 16.4. The van der Waals surface area contributed by atoms with Gasteiger partial charge in [0, 0.05) is 5.92 Å². The minimum Gasteiger partial charge on any atom is -0.481 e. The van der Waals surface area contributed by atoms with Crippen LogP contribution in [0.3, 0.4) is 0 Å². The maximum Gasteiger partial charge on any atom is 0.307 e. The second kappa shape index (κ2) is 1.81. The number of carboxylic acids is 1. The third-order valence-corrected chi connectivity index (χ3v) is 2.32. The highest BCUT2D eigenvalue weighted by Crippen LogP contribution is 2.56. The van der Waals surface area contributed by atoms with Gasteiger partial charge in [-0.3, -0.25) is 4.79 Å². The van der Waals surface area contributed by atoms with Gasteiger partial charge in [0.05, 0.1) is 5.92 Å². The standard InChI is InChI=1S/C7H10O3/c1-7(2)4(3-8)5(7)6(9)10/h3-5H,1-2H3,(H,9,10)/t4-,5-/m0/s1. The fourth-order valence-corrected chi connectivity index (χ4v) is 1.40. The molecule has 0 spiro atoms. The van der Waals surface area contributed by atoms with Crippen LogP contribution in [0.1, 0.15) is 13.8 Å². The van der Waals surface area contributed by atoms with E-state index >= 15 is 0 Å².